The maximum absolute atomic E-state index is 13.9. The average Bonchev–Trinajstić information content (AvgIpc) is 2.56. The summed E-state index contributed by atoms with van der Waals surface area (Å²) < 4.78 is 19.8. The Hall–Kier alpha value is -2.94. The quantitative estimate of drug-likeness (QED) is 0.466. The summed E-state index contributed by atoms with van der Waals surface area (Å²) in [7, 11) is 0. The molecular weight excluding hydrogens is 277 g/mol. The molecule has 0 unspecified atom stereocenters. The van der Waals surface area contributed by atoms with Crippen LogP contribution in [-0.4, -0.2) is 4.98 Å². The van der Waals surface area contributed by atoms with Crippen LogP contribution >= 0.6 is 0 Å². The van der Waals surface area contributed by atoms with E-state index in [9.17, 15) is 4.39 Å². The molecule has 0 aliphatic rings. The Bertz CT molecular complexity index is 967. The van der Waals surface area contributed by atoms with E-state index in [1.165, 1.54) is 6.07 Å². The van der Waals surface area contributed by atoms with Crippen LogP contribution < -0.4 is 4.74 Å². The summed E-state index contributed by atoms with van der Waals surface area (Å²) in [5.74, 6) is 1.03. The van der Waals surface area contributed by atoms with Gasteiger partial charge in [0.15, 0.2) is 0 Å². The first-order valence-electron chi connectivity index (χ1n) is 7.02. The van der Waals surface area contributed by atoms with Gasteiger partial charge in [-0.15, -0.1) is 0 Å². The fourth-order valence-electron chi connectivity index (χ4n) is 2.64. The van der Waals surface area contributed by atoms with Crippen molar-refractivity contribution in [3.8, 4) is 11.6 Å². The van der Waals surface area contributed by atoms with Gasteiger partial charge in [-0.1, -0.05) is 36.4 Å². The van der Waals surface area contributed by atoms with Crippen LogP contribution in [0.4, 0.5) is 4.39 Å². The number of pyridine rings is 1. The van der Waals surface area contributed by atoms with Gasteiger partial charge in [0.25, 0.3) is 0 Å². The first-order valence-corrected chi connectivity index (χ1v) is 7.02. The number of hydrogen-bond donors (Lipinski definition) is 0. The Kier molecular flexibility index (Phi) is 2.97. The van der Waals surface area contributed by atoms with Gasteiger partial charge in [-0.2, -0.15) is 0 Å². The van der Waals surface area contributed by atoms with Crippen molar-refractivity contribution in [2.24, 2.45) is 0 Å². The van der Waals surface area contributed by atoms with E-state index in [1.807, 2.05) is 48.5 Å². The maximum atomic E-state index is 13.9. The van der Waals surface area contributed by atoms with Crippen molar-refractivity contribution in [2.75, 3.05) is 0 Å². The van der Waals surface area contributed by atoms with Gasteiger partial charge in [-0.3, -0.25) is 0 Å². The molecule has 0 saturated carbocycles. The average molecular weight is 289 g/mol. The molecule has 0 bridgehead atoms. The Morgan fingerprint density at radius 3 is 2.32 bits per heavy atom. The van der Waals surface area contributed by atoms with Crippen molar-refractivity contribution >= 4 is 21.5 Å². The van der Waals surface area contributed by atoms with Crippen molar-refractivity contribution in [3.05, 3.63) is 78.7 Å². The fraction of sp³-hybridized carbons (Fsp3) is 0. The van der Waals surface area contributed by atoms with E-state index in [1.54, 1.807) is 18.3 Å². The zero-order valence-electron chi connectivity index (χ0n) is 11.7. The minimum absolute atomic E-state index is 0.221. The summed E-state index contributed by atoms with van der Waals surface area (Å²) in [4.78, 5) is 4.32. The monoisotopic (exact) mass is 289 g/mol. The highest BCUT2D eigenvalue weighted by atomic mass is 19.1. The van der Waals surface area contributed by atoms with Crippen LogP contribution in [0.25, 0.3) is 21.5 Å². The predicted octanol–water partition coefficient (Wildman–Crippen LogP) is 5.32. The largest absolute Gasteiger partial charge is 0.438 e. The Morgan fingerprint density at radius 2 is 1.45 bits per heavy atom. The number of para-hydroxylation sites is 1. The van der Waals surface area contributed by atoms with E-state index in [0.29, 0.717) is 11.3 Å². The third kappa shape index (κ3) is 2.07. The molecule has 4 rings (SSSR count). The van der Waals surface area contributed by atoms with Gasteiger partial charge in [0, 0.05) is 17.0 Å². The van der Waals surface area contributed by atoms with Crippen LogP contribution in [-0.2, 0) is 0 Å². The highest BCUT2D eigenvalue weighted by Gasteiger charge is 2.09. The molecule has 1 heterocycles. The number of hydrogen-bond acceptors (Lipinski definition) is 2. The molecule has 3 heteroatoms. The predicted molar refractivity (Wildman–Crippen MR) is 85.7 cm³/mol. The molecule has 2 nitrogen and oxygen atoms in total. The van der Waals surface area contributed by atoms with Gasteiger partial charge in [0.1, 0.15) is 11.6 Å². The minimum Gasteiger partial charge on any atom is -0.438 e. The molecule has 0 radical (unpaired) electrons. The minimum atomic E-state index is -0.221. The molecule has 0 spiro atoms. The smallest absolute Gasteiger partial charge is 0.227 e. The molecule has 0 amide bonds. The Balaban J connectivity index is 1.94. The molecule has 106 valence electrons. The highest BCUT2D eigenvalue weighted by molar-refractivity contribution is 6.09. The molecule has 4 aromatic rings. The van der Waals surface area contributed by atoms with Crippen molar-refractivity contribution in [1.29, 1.82) is 0 Å². The third-order valence-corrected chi connectivity index (χ3v) is 3.67. The fourth-order valence-corrected chi connectivity index (χ4v) is 2.64. The molecule has 0 fully saturated rings. The van der Waals surface area contributed by atoms with Crippen molar-refractivity contribution in [2.45, 2.75) is 0 Å². The summed E-state index contributed by atoms with van der Waals surface area (Å²) >= 11 is 0. The lowest BCUT2D eigenvalue weighted by Crippen LogP contribution is -1.90. The summed E-state index contributed by atoms with van der Waals surface area (Å²) in [6.45, 7) is 0. The highest BCUT2D eigenvalue weighted by Crippen LogP contribution is 2.33. The number of benzene rings is 3. The molecule has 0 saturated heterocycles. The van der Waals surface area contributed by atoms with Crippen LogP contribution in [0, 0.1) is 5.82 Å². The Morgan fingerprint density at radius 1 is 0.682 bits per heavy atom. The van der Waals surface area contributed by atoms with Gasteiger partial charge >= 0.3 is 0 Å². The van der Waals surface area contributed by atoms with E-state index < -0.39 is 0 Å². The zero-order chi connectivity index (χ0) is 14.9. The second kappa shape index (κ2) is 5.11. The lowest BCUT2D eigenvalue weighted by molar-refractivity contribution is 0.469. The zero-order valence-corrected chi connectivity index (χ0v) is 11.7. The molecule has 0 aliphatic heterocycles. The van der Waals surface area contributed by atoms with Gasteiger partial charge in [0.05, 0.1) is 0 Å². The van der Waals surface area contributed by atoms with Crippen molar-refractivity contribution in [3.63, 3.8) is 0 Å². The van der Waals surface area contributed by atoms with Gasteiger partial charge in [0.2, 0.25) is 5.88 Å². The lowest BCUT2D eigenvalue weighted by atomic mass is 10.0. The van der Waals surface area contributed by atoms with Crippen molar-refractivity contribution in [1.82, 2.24) is 4.98 Å². The van der Waals surface area contributed by atoms with Gasteiger partial charge in [-0.25, -0.2) is 9.37 Å². The van der Waals surface area contributed by atoms with E-state index in [2.05, 4.69) is 4.98 Å². The Labute approximate surface area is 126 Å². The molecule has 22 heavy (non-hydrogen) atoms. The van der Waals surface area contributed by atoms with Crippen LogP contribution in [0.5, 0.6) is 11.6 Å². The van der Waals surface area contributed by atoms with E-state index in [0.717, 1.165) is 21.9 Å². The van der Waals surface area contributed by atoms with E-state index >= 15 is 0 Å². The second-order valence-corrected chi connectivity index (χ2v) is 5.03. The molecule has 0 N–H and O–H groups in total. The molecule has 0 atom stereocenters. The topological polar surface area (TPSA) is 22.1 Å². The maximum Gasteiger partial charge on any atom is 0.227 e. The lowest BCUT2D eigenvalue weighted by Gasteiger charge is -2.09. The number of rotatable bonds is 2. The van der Waals surface area contributed by atoms with Crippen LogP contribution in [0.1, 0.15) is 0 Å². The first-order chi connectivity index (χ1) is 10.8. The van der Waals surface area contributed by atoms with Crippen LogP contribution in [0.3, 0.4) is 0 Å². The number of ether oxygens (including phenoxy) is 1. The molecule has 1 aromatic heterocycles. The van der Waals surface area contributed by atoms with Gasteiger partial charge < -0.3 is 4.74 Å². The number of halogens is 1. The second-order valence-electron chi connectivity index (χ2n) is 5.03. The SMILES string of the molecule is Fc1cccc2c1ccc1c(Oc3ccccc3)nccc12. The standard InChI is InChI=1S/C19H12FNO/c20-18-8-4-7-14-15-11-12-21-19(17(15)10-9-16(14)18)22-13-5-2-1-3-6-13/h1-12H. The number of aromatic nitrogens is 1. The van der Waals surface area contributed by atoms with Crippen LogP contribution in [0.2, 0.25) is 0 Å². The number of fused-ring (bicyclic) bond motifs is 3. The van der Waals surface area contributed by atoms with Crippen molar-refractivity contribution < 1.29 is 9.13 Å². The normalized spacial score (nSPS) is 11.0. The van der Waals surface area contributed by atoms with Gasteiger partial charge in [-0.05, 0) is 41.1 Å². The summed E-state index contributed by atoms with van der Waals surface area (Å²) in [5.41, 5.74) is 0. The molecule has 3 aromatic carbocycles. The van der Waals surface area contributed by atoms with E-state index in [-0.39, 0.29) is 5.82 Å². The number of nitrogens with zero attached hydrogens (tertiary/aromatic N) is 1. The molecular formula is C19H12FNO. The van der Waals surface area contributed by atoms with E-state index in [4.69, 9.17) is 4.74 Å². The first kappa shape index (κ1) is 12.8. The summed E-state index contributed by atoms with van der Waals surface area (Å²) in [5, 5.41) is 3.26. The third-order valence-electron chi connectivity index (χ3n) is 3.67. The van der Waals surface area contributed by atoms with Crippen LogP contribution in [0.15, 0.2) is 72.9 Å². The summed E-state index contributed by atoms with van der Waals surface area (Å²) in [6, 6.07) is 20.1. The summed E-state index contributed by atoms with van der Waals surface area (Å²) in [6.07, 6.45) is 1.69. The molecule has 0 aliphatic carbocycles.